The third kappa shape index (κ3) is 4.33. The monoisotopic (exact) mass is 426 g/mol. The Kier molecular flexibility index (Phi) is 5.81. The number of carbonyl (C=O) groups excluding carboxylic acids is 2. The largest absolute Gasteiger partial charge is 0.338 e. The van der Waals surface area contributed by atoms with Crippen molar-refractivity contribution in [1.82, 2.24) is 19.9 Å². The summed E-state index contributed by atoms with van der Waals surface area (Å²) < 4.78 is 5.35. The van der Waals surface area contributed by atoms with Gasteiger partial charge in [-0.15, -0.1) is 0 Å². The molecule has 166 valence electrons. The molecule has 1 fully saturated rings. The van der Waals surface area contributed by atoms with E-state index in [1.807, 2.05) is 38.1 Å². The van der Waals surface area contributed by atoms with Crippen LogP contribution in [-0.4, -0.2) is 70.0 Å². The summed E-state index contributed by atoms with van der Waals surface area (Å²) in [5, 5.41) is 6.92. The minimum Gasteiger partial charge on any atom is -0.338 e. The van der Waals surface area contributed by atoms with E-state index in [4.69, 9.17) is 4.52 Å². The van der Waals surface area contributed by atoms with Gasteiger partial charge in [-0.1, -0.05) is 31.1 Å². The summed E-state index contributed by atoms with van der Waals surface area (Å²) in [6, 6.07) is 7.44. The minimum atomic E-state index is -0.945. The number of hydrogen-bond donors (Lipinski definition) is 1. The second kappa shape index (κ2) is 8.39. The second-order valence-corrected chi connectivity index (χ2v) is 9.01. The molecule has 0 bridgehead atoms. The van der Waals surface area contributed by atoms with E-state index in [2.05, 4.69) is 25.3 Å². The van der Waals surface area contributed by atoms with Crippen LogP contribution in [0, 0.1) is 0 Å². The van der Waals surface area contributed by atoms with E-state index in [-0.39, 0.29) is 24.3 Å². The van der Waals surface area contributed by atoms with Crippen LogP contribution < -0.4 is 10.2 Å². The van der Waals surface area contributed by atoms with Crippen LogP contribution in [0.25, 0.3) is 0 Å². The molecule has 4 rings (SSSR count). The molecule has 1 saturated heterocycles. The summed E-state index contributed by atoms with van der Waals surface area (Å²) in [5.41, 5.74) is 0.470. The van der Waals surface area contributed by atoms with Crippen LogP contribution >= 0.6 is 0 Å². The van der Waals surface area contributed by atoms with E-state index < -0.39 is 5.54 Å². The van der Waals surface area contributed by atoms with Crippen LogP contribution in [0.2, 0.25) is 0 Å². The van der Waals surface area contributed by atoms with Gasteiger partial charge in [-0.2, -0.15) is 4.98 Å². The quantitative estimate of drug-likeness (QED) is 0.782. The average Bonchev–Trinajstić information content (AvgIpc) is 3.19. The van der Waals surface area contributed by atoms with Crippen molar-refractivity contribution in [3.8, 4) is 0 Å². The zero-order valence-electron chi connectivity index (χ0n) is 18.6. The zero-order valence-corrected chi connectivity index (χ0v) is 18.6. The number of aromatic nitrogens is 2. The molecule has 2 aliphatic heterocycles. The normalized spacial score (nSPS) is 19.4. The van der Waals surface area contributed by atoms with E-state index in [0.717, 1.165) is 37.7 Å². The molecule has 31 heavy (non-hydrogen) atoms. The number of benzene rings is 1. The SMILES string of the molecule is CC(C)c1noc(CN2CCN(CC(=O)N3c4ccccc4NC(=O)C3(C)C)CC2)n1. The number of para-hydroxylation sites is 2. The summed E-state index contributed by atoms with van der Waals surface area (Å²) in [5.74, 6) is 1.36. The van der Waals surface area contributed by atoms with Crippen LogP contribution in [0.3, 0.4) is 0 Å². The molecule has 1 N–H and O–H groups in total. The fourth-order valence-corrected chi connectivity index (χ4v) is 4.02. The van der Waals surface area contributed by atoms with Gasteiger partial charge in [0, 0.05) is 32.1 Å². The molecule has 0 aliphatic carbocycles. The molecule has 9 heteroatoms. The maximum absolute atomic E-state index is 13.3. The van der Waals surface area contributed by atoms with Crippen LogP contribution in [0.4, 0.5) is 11.4 Å². The molecule has 1 aromatic heterocycles. The van der Waals surface area contributed by atoms with Crippen molar-refractivity contribution in [2.75, 3.05) is 42.9 Å². The van der Waals surface area contributed by atoms with Gasteiger partial charge in [0.25, 0.3) is 0 Å². The number of nitrogens with one attached hydrogen (secondary N) is 1. The Bertz CT molecular complexity index is 962. The number of carbonyl (C=O) groups is 2. The molecule has 0 radical (unpaired) electrons. The maximum Gasteiger partial charge on any atom is 0.250 e. The van der Waals surface area contributed by atoms with Gasteiger partial charge in [-0.25, -0.2) is 0 Å². The molecular weight excluding hydrogens is 396 g/mol. The van der Waals surface area contributed by atoms with Crippen LogP contribution in [0.15, 0.2) is 28.8 Å². The molecule has 0 saturated carbocycles. The molecule has 0 atom stereocenters. The lowest BCUT2D eigenvalue weighted by molar-refractivity contribution is -0.127. The van der Waals surface area contributed by atoms with Gasteiger partial charge >= 0.3 is 0 Å². The van der Waals surface area contributed by atoms with Gasteiger partial charge in [0.15, 0.2) is 5.82 Å². The van der Waals surface area contributed by atoms with Crippen LogP contribution in [-0.2, 0) is 16.1 Å². The highest BCUT2D eigenvalue weighted by Crippen LogP contribution is 2.36. The highest BCUT2D eigenvalue weighted by atomic mass is 16.5. The number of fused-ring (bicyclic) bond motifs is 1. The molecule has 1 aromatic carbocycles. The van der Waals surface area contributed by atoms with E-state index in [1.54, 1.807) is 18.7 Å². The smallest absolute Gasteiger partial charge is 0.250 e. The first-order valence-corrected chi connectivity index (χ1v) is 10.8. The first-order valence-electron chi connectivity index (χ1n) is 10.8. The molecule has 0 unspecified atom stereocenters. The first-order chi connectivity index (χ1) is 14.8. The van der Waals surface area contributed by atoms with Crippen molar-refractivity contribution in [2.24, 2.45) is 0 Å². The molecule has 0 spiro atoms. The van der Waals surface area contributed by atoms with Crippen molar-refractivity contribution in [1.29, 1.82) is 0 Å². The molecule has 2 aromatic rings. The lowest BCUT2D eigenvalue weighted by Crippen LogP contribution is -2.61. The van der Waals surface area contributed by atoms with Crippen molar-refractivity contribution in [3.63, 3.8) is 0 Å². The van der Waals surface area contributed by atoms with E-state index >= 15 is 0 Å². The fourth-order valence-electron chi connectivity index (χ4n) is 4.02. The topological polar surface area (TPSA) is 94.8 Å². The van der Waals surface area contributed by atoms with Gasteiger partial charge in [0.05, 0.1) is 24.5 Å². The number of anilines is 2. The Labute approximate surface area is 182 Å². The van der Waals surface area contributed by atoms with E-state index in [0.29, 0.717) is 18.1 Å². The van der Waals surface area contributed by atoms with Crippen molar-refractivity contribution in [2.45, 2.75) is 45.7 Å². The zero-order chi connectivity index (χ0) is 22.2. The highest BCUT2D eigenvalue weighted by Gasteiger charge is 2.43. The minimum absolute atomic E-state index is 0.0702. The Balaban J connectivity index is 1.37. The third-order valence-electron chi connectivity index (χ3n) is 5.94. The van der Waals surface area contributed by atoms with Crippen molar-refractivity contribution >= 4 is 23.2 Å². The van der Waals surface area contributed by atoms with Gasteiger partial charge in [0.1, 0.15) is 5.54 Å². The van der Waals surface area contributed by atoms with Crippen molar-refractivity contribution in [3.05, 3.63) is 36.0 Å². The first kappa shape index (κ1) is 21.5. The summed E-state index contributed by atoms with van der Waals surface area (Å²) in [7, 11) is 0. The highest BCUT2D eigenvalue weighted by molar-refractivity contribution is 6.14. The number of rotatable bonds is 5. The summed E-state index contributed by atoms with van der Waals surface area (Å²) >= 11 is 0. The van der Waals surface area contributed by atoms with Gasteiger partial charge in [-0.3, -0.25) is 24.3 Å². The number of nitrogens with zero attached hydrogens (tertiary/aromatic N) is 5. The summed E-state index contributed by atoms with van der Waals surface area (Å²) in [6.07, 6.45) is 0. The summed E-state index contributed by atoms with van der Waals surface area (Å²) in [4.78, 5) is 36.4. The van der Waals surface area contributed by atoms with Crippen molar-refractivity contribution < 1.29 is 14.1 Å². The van der Waals surface area contributed by atoms with Gasteiger partial charge in [-0.05, 0) is 26.0 Å². The standard InChI is InChI=1S/C22H30N6O3/c1-15(2)20-24-18(31-25-20)13-26-9-11-27(12-10-26)14-19(29)28-17-8-6-5-7-16(17)23-21(30)22(28,3)4/h5-8,15H,9-14H2,1-4H3,(H,23,30). The predicted molar refractivity (Wildman–Crippen MR) is 117 cm³/mol. The molecule has 2 amide bonds. The lowest BCUT2D eigenvalue weighted by atomic mass is 9.96. The Morgan fingerprint density at radius 2 is 1.84 bits per heavy atom. The Hall–Kier alpha value is -2.78. The molecule has 2 aliphatic rings. The molecule has 3 heterocycles. The van der Waals surface area contributed by atoms with E-state index in [9.17, 15) is 9.59 Å². The fraction of sp³-hybridized carbons (Fsp3) is 0.545. The Morgan fingerprint density at radius 3 is 2.52 bits per heavy atom. The summed E-state index contributed by atoms with van der Waals surface area (Å²) in [6.45, 7) is 11.7. The van der Waals surface area contributed by atoms with Gasteiger partial charge < -0.3 is 9.84 Å². The molecular formula is C22H30N6O3. The number of hydrogen-bond acceptors (Lipinski definition) is 7. The van der Waals surface area contributed by atoms with Crippen LogP contribution in [0.5, 0.6) is 0 Å². The maximum atomic E-state index is 13.3. The predicted octanol–water partition coefficient (Wildman–Crippen LogP) is 2.07. The Morgan fingerprint density at radius 1 is 1.16 bits per heavy atom. The molecule has 9 nitrogen and oxygen atoms in total. The van der Waals surface area contributed by atoms with E-state index in [1.165, 1.54) is 0 Å². The third-order valence-corrected chi connectivity index (χ3v) is 5.94. The van der Waals surface area contributed by atoms with Gasteiger partial charge in [0.2, 0.25) is 17.7 Å². The number of piperazine rings is 1. The second-order valence-electron chi connectivity index (χ2n) is 9.01. The number of amides is 2. The lowest BCUT2D eigenvalue weighted by Gasteiger charge is -2.43. The van der Waals surface area contributed by atoms with Crippen LogP contribution in [0.1, 0.15) is 45.3 Å². The average molecular weight is 427 g/mol.